The number of fused-ring (bicyclic) bond motifs is 10. The minimum Gasteiger partial charge on any atom is -0.316 e. The molecule has 340 valence electrons. The second kappa shape index (κ2) is 17.0. The number of Topliss-reactive ketones (excluding diaryl/α,β-unsaturated/α-hetero) is 2. The molecule has 10 aliphatic rings. The van der Waals surface area contributed by atoms with Gasteiger partial charge in [-0.05, 0) is 162 Å². The van der Waals surface area contributed by atoms with Crippen LogP contribution < -0.4 is 10.6 Å². The highest BCUT2D eigenvalue weighted by atomic mass is 32.2. The summed E-state index contributed by atoms with van der Waals surface area (Å²) in [5.41, 5.74) is 1.53. The van der Waals surface area contributed by atoms with Gasteiger partial charge in [-0.15, -0.1) is 0 Å². The molecule has 10 nitrogen and oxygen atoms in total. The summed E-state index contributed by atoms with van der Waals surface area (Å²) in [6.45, 7) is 13.7. The molecular formula is C50H72N4O6S2. The standard InChI is InChI=1S/C50H72N4O6S2/c1-47-17-11-29(61-31-15-21-51-27-31)23-39(47)41(25-33-35-5-7-43(55)49(35,3)19-13-37(33)47)53-59-45(57)9-10-46(58)60-54-42-26-34-36-6-8-44(56)50(36,4)20-14-38(34)48(2)18-12-30(24-40(42)48)62-32-16-22-52-28-32/h9-10,29-40,51-52H,5-8,11-28H2,1-4H3/b10-9+,53-41-,54-42-/t29?,30?,31-,32-,33+,34+,35+,36+,37-,38-,39?,40?,47-,48-,49+,50+/m1/s1. The first-order valence-electron chi connectivity index (χ1n) is 24.8. The van der Waals surface area contributed by atoms with Gasteiger partial charge in [-0.25, -0.2) is 9.59 Å². The Morgan fingerprint density at radius 2 is 1.02 bits per heavy atom. The predicted molar refractivity (Wildman–Crippen MR) is 246 cm³/mol. The lowest BCUT2D eigenvalue weighted by Gasteiger charge is -2.60. The van der Waals surface area contributed by atoms with Crippen LogP contribution in [0.25, 0.3) is 0 Å². The normalized spacial score (nSPS) is 48.6. The van der Waals surface area contributed by atoms with Crippen LogP contribution in [0.2, 0.25) is 0 Å². The van der Waals surface area contributed by atoms with Crippen LogP contribution in [-0.2, 0) is 28.9 Å². The van der Waals surface area contributed by atoms with Crippen molar-refractivity contribution in [1.29, 1.82) is 0 Å². The van der Waals surface area contributed by atoms with E-state index in [2.05, 4.69) is 61.9 Å². The maximum Gasteiger partial charge on any atom is 0.358 e. The highest BCUT2D eigenvalue weighted by molar-refractivity contribution is 8.00. The molecule has 8 aliphatic carbocycles. The van der Waals surface area contributed by atoms with Gasteiger partial charge in [-0.2, -0.15) is 23.5 Å². The van der Waals surface area contributed by atoms with Crippen LogP contribution in [-0.4, -0.2) is 82.1 Å². The van der Waals surface area contributed by atoms with E-state index < -0.39 is 11.9 Å². The first-order valence-corrected chi connectivity index (χ1v) is 26.7. The van der Waals surface area contributed by atoms with E-state index in [1.807, 2.05) is 0 Å². The SMILES string of the molecule is C[C@]12CCC(S[C@@H]3CCNC3)CC1/C(=N\OC(=O)/C=C/C(=O)O/N=C1/C[C@@H]3[C@@H](CC[C@]4(C)C(=O)CC[C@@H]34)[C@@]3(C)CCC(S[C@@H]4CCNC4)CC13)C[C@@H]1[C@H]2CC[C@]2(C)C(=O)CC[C@@H]12. The summed E-state index contributed by atoms with van der Waals surface area (Å²) in [6, 6.07) is 0. The quantitative estimate of drug-likeness (QED) is 0.139. The van der Waals surface area contributed by atoms with E-state index in [0.717, 1.165) is 127 Å². The van der Waals surface area contributed by atoms with E-state index in [-0.39, 0.29) is 33.5 Å². The third-order valence-corrected chi connectivity index (χ3v) is 23.1. The van der Waals surface area contributed by atoms with Crippen molar-refractivity contribution in [2.24, 2.45) is 79.3 Å². The lowest BCUT2D eigenvalue weighted by atomic mass is 9.45. The van der Waals surface area contributed by atoms with Crippen LogP contribution in [0.4, 0.5) is 0 Å². The highest BCUT2D eigenvalue weighted by Gasteiger charge is 2.64. The van der Waals surface area contributed by atoms with Crippen LogP contribution in [0.3, 0.4) is 0 Å². The van der Waals surface area contributed by atoms with Crippen molar-refractivity contribution in [2.45, 2.75) is 164 Å². The second-order valence-electron chi connectivity index (χ2n) is 22.7. The van der Waals surface area contributed by atoms with Gasteiger partial charge in [-0.1, -0.05) is 38.0 Å². The number of rotatable bonds is 8. The molecule has 2 N–H and O–H groups in total. The van der Waals surface area contributed by atoms with E-state index in [9.17, 15) is 19.2 Å². The lowest BCUT2D eigenvalue weighted by Crippen LogP contribution is -2.57. The van der Waals surface area contributed by atoms with E-state index in [0.29, 0.717) is 80.9 Å². The van der Waals surface area contributed by atoms with Crippen molar-refractivity contribution in [3.8, 4) is 0 Å². The molecule has 10 rings (SSSR count). The van der Waals surface area contributed by atoms with Gasteiger partial charge in [0.05, 0.1) is 11.4 Å². The summed E-state index contributed by atoms with van der Waals surface area (Å²) in [7, 11) is 0. The number of nitrogens with one attached hydrogen (secondary N) is 2. The van der Waals surface area contributed by atoms with E-state index in [4.69, 9.17) is 20.0 Å². The number of oxime groups is 2. The molecule has 0 aromatic rings. The zero-order valence-electron chi connectivity index (χ0n) is 37.8. The van der Waals surface area contributed by atoms with E-state index >= 15 is 0 Å². The Labute approximate surface area is 378 Å². The molecule has 62 heavy (non-hydrogen) atoms. The molecule has 12 heteroatoms. The average molecular weight is 889 g/mol. The molecule has 10 fully saturated rings. The van der Waals surface area contributed by atoms with Gasteiger partial charge in [0.15, 0.2) is 0 Å². The van der Waals surface area contributed by atoms with Crippen LogP contribution in [0.15, 0.2) is 22.5 Å². The van der Waals surface area contributed by atoms with E-state index in [1.165, 1.54) is 25.7 Å². The largest absolute Gasteiger partial charge is 0.358 e. The fraction of sp³-hybridized carbons (Fsp3) is 0.840. The van der Waals surface area contributed by atoms with Crippen LogP contribution in [0.5, 0.6) is 0 Å². The molecule has 0 aromatic carbocycles. The minimum absolute atomic E-state index is 0.0500. The van der Waals surface area contributed by atoms with Gasteiger partial charge in [-0.3, -0.25) is 9.59 Å². The summed E-state index contributed by atoms with van der Waals surface area (Å²) < 4.78 is 0. The Hall–Kier alpha value is -2.02. The van der Waals surface area contributed by atoms with Gasteiger partial charge >= 0.3 is 11.9 Å². The summed E-state index contributed by atoms with van der Waals surface area (Å²) in [6.07, 6.45) is 20.3. The molecule has 4 unspecified atom stereocenters. The molecule has 0 bridgehead atoms. The van der Waals surface area contributed by atoms with Gasteiger partial charge in [0.25, 0.3) is 0 Å². The van der Waals surface area contributed by atoms with Crippen LogP contribution in [0, 0.1) is 69.0 Å². The number of carbonyl (C=O) groups excluding carboxylic acids is 4. The van der Waals surface area contributed by atoms with Gasteiger partial charge in [0.2, 0.25) is 0 Å². The molecule has 2 aliphatic heterocycles. The molecule has 2 saturated heterocycles. The Morgan fingerprint density at radius 3 is 1.42 bits per heavy atom. The molecule has 0 radical (unpaired) electrons. The molecule has 0 spiro atoms. The maximum absolute atomic E-state index is 13.4. The third kappa shape index (κ3) is 7.64. The summed E-state index contributed by atoms with van der Waals surface area (Å²) in [4.78, 5) is 64.6. The van der Waals surface area contributed by atoms with E-state index in [1.54, 1.807) is 0 Å². The smallest absolute Gasteiger partial charge is 0.316 e. The monoisotopic (exact) mass is 888 g/mol. The van der Waals surface area contributed by atoms with Crippen molar-refractivity contribution in [3.63, 3.8) is 0 Å². The molecule has 0 amide bonds. The Bertz CT molecular complexity index is 1760. The van der Waals surface area contributed by atoms with Crippen molar-refractivity contribution >= 4 is 58.5 Å². The van der Waals surface area contributed by atoms with Crippen LogP contribution in [0.1, 0.15) is 143 Å². The number of hydrogen-bond donors (Lipinski definition) is 2. The molecule has 8 saturated carbocycles. The number of carbonyl (C=O) groups is 4. The molecule has 2 heterocycles. The van der Waals surface area contributed by atoms with Crippen LogP contribution >= 0.6 is 23.5 Å². The number of thioether (sulfide) groups is 2. The lowest BCUT2D eigenvalue weighted by molar-refractivity contribution is -0.141. The topological polar surface area (TPSA) is 136 Å². The Balaban J connectivity index is 0.845. The first kappa shape index (κ1) is 43.9. The molecular weight excluding hydrogens is 817 g/mol. The zero-order chi connectivity index (χ0) is 43.0. The third-order valence-electron chi connectivity index (χ3n) is 19.9. The van der Waals surface area contributed by atoms with Gasteiger partial charge in [0, 0.05) is 81.7 Å². The summed E-state index contributed by atoms with van der Waals surface area (Å²) in [5, 5.41) is 18.8. The zero-order valence-corrected chi connectivity index (χ0v) is 39.4. The molecule has 16 atom stereocenters. The second-order valence-corrected chi connectivity index (χ2v) is 25.9. The number of ketones is 2. The predicted octanol–water partition coefficient (Wildman–Crippen LogP) is 8.71. The fourth-order valence-corrected chi connectivity index (χ4v) is 19.6. The van der Waals surface area contributed by atoms with Crippen molar-refractivity contribution in [1.82, 2.24) is 10.6 Å². The highest BCUT2D eigenvalue weighted by Crippen LogP contribution is 2.67. The molecule has 0 aromatic heterocycles. The number of hydrogen-bond acceptors (Lipinski definition) is 12. The minimum atomic E-state index is -0.691. The summed E-state index contributed by atoms with van der Waals surface area (Å²) >= 11 is 4.28. The van der Waals surface area contributed by atoms with Gasteiger partial charge < -0.3 is 20.3 Å². The summed E-state index contributed by atoms with van der Waals surface area (Å²) in [5.74, 6) is 2.41. The first-order chi connectivity index (χ1) is 29.8. The Kier molecular flexibility index (Phi) is 12.0. The van der Waals surface area contributed by atoms with Crippen molar-refractivity contribution < 1.29 is 28.9 Å². The fourth-order valence-electron chi connectivity index (χ4n) is 16.5. The average Bonchev–Trinajstić information content (AvgIpc) is 4.08. The van der Waals surface area contributed by atoms with Gasteiger partial charge in [0.1, 0.15) is 11.6 Å². The maximum atomic E-state index is 13.4. The van der Waals surface area contributed by atoms with Crippen molar-refractivity contribution in [3.05, 3.63) is 12.2 Å². The number of nitrogens with zero attached hydrogens (tertiary/aromatic N) is 2. The van der Waals surface area contributed by atoms with Crippen molar-refractivity contribution in [2.75, 3.05) is 26.2 Å². The Morgan fingerprint density at radius 1 is 0.581 bits per heavy atom.